The lowest BCUT2D eigenvalue weighted by molar-refractivity contribution is 0.212. The number of halogens is 1. The predicted molar refractivity (Wildman–Crippen MR) is 61.0 cm³/mol. The van der Waals surface area contributed by atoms with Crippen molar-refractivity contribution in [2.75, 3.05) is 0 Å². The first-order chi connectivity index (χ1) is 8.20. The summed E-state index contributed by atoms with van der Waals surface area (Å²) >= 11 is 0. The first-order valence-corrected chi connectivity index (χ1v) is 5.20. The van der Waals surface area contributed by atoms with E-state index in [1.807, 2.05) is 25.1 Å². The molecule has 1 aromatic heterocycles. The largest absolute Gasteiger partial charge is 0.481 e. The number of benzene rings is 1. The van der Waals surface area contributed by atoms with Crippen LogP contribution in [-0.4, -0.2) is 4.98 Å². The molecule has 0 aliphatic rings. The average Bonchev–Trinajstić information content (AvgIpc) is 2.85. The lowest BCUT2D eigenvalue weighted by Gasteiger charge is -2.13. The van der Waals surface area contributed by atoms with Gasteiger partial charge in [0.05, 0.1) is 17.3 Å². The summed E-state index contributed by atoms with van der Waals surface area (Å²) in [6.45, 7) is 1.82. The zero-order valence-electron chi connectivity index (χ0n) is 9.27. The normalized spacial score (nSPS) is 11.8. The number of aromatic amines is 1. The fourth-order valence-electron chi connectivity index (χ4n) is 1.52. The molecule has 1 N–H and O–H groups in total. The van der Waals surface area contributed by atoms with E-state index in [0.29, 0.717) is 0 Å². The number of nitrogens with one attached hydrogen (secondary N) is 1. The van der Waals surface area contributed by atoms with E-state index in [1.54, 1.807) is 6.20 Å². The number of hydrogen-bond acceptors (Lipinski definition) is 2. The van der Waals surface area contributed by atoms with Gasteiger partial charge in [-0.2, -0.15) is 5.26 Å². The second-order valence-corrected chi connectivity index (χ2v) is 3.64. The Morgan fingerprint density at radius 3 is 2.82 bits per heavy atom. The van der Waals surface area contributed by atoms with Crippen molar-refractivity contribution in [2.45, 2.75) is 13.0 Å². The average molecular weight is 230 g/mol. The zero-order valence-corrected chi connectivity index (χ0v) is 9.27. The van der Waals surface area contributed by atoms with Gasteiger partial charge in [0, 0.05) is 6.20 Å². The summed E-state index contributed by atoms with van der Waals surface area (Å²) in [6, 6.07) is 9.75. The van der Waals surface area contributed by atoms with Crippen LogP contribution in [0.5, 0.6) is 5.75 Å². The summed E-state index contributed by atoms with van der Waals surface area (Å²) in [7, 11) is 0. The molecule has 0 aliphatic carbocycles. The molecule has 1 aromatic carbocycles. The Kier molecular flexibility index (Phi) is 3.10. The van der Waals surface area contributed by atoms with Crippen LogP contribution in [-0.2, 0) is 0 Å². The van der Waals surface area contributed by atoms with E-state index in [4.69, 9.17) is 10.00 Å². The SMILES string of the molecule is CC(Oc1ccc(C#N)cc1F)c1ccc[nH]1. The van der Waals surface area contributed by atoms with Gasteiger partial charge >= 0.3 is 0 Å². The summed E-state index contributed by atoms with van der Waals surface area (Å²) in [6.07, 6.45) is 1.51. The highest BCUT2D eigenvalue weighted by molar-refractivity contribution is 5.36. The van der Waals surface area contributed by atoms with Crippen molar-refractivity contribution in [3.05, 3.63) is 53.6 Å². The molecule has 0 saturated carbocycles. The standard InChI is InChI=1S/C13H11FN2O/c1-9(12-3-2-6-16-12)17-13-5-4-10(8-15)7-11(13)14/h2-7,9,16H,1H3. The summed E-state index contributed by atoms with van der Waals surface area (Å²) in [5.41, 5.74) is 1.15. The summed E-state index contributed by atoms with van der Waals surface area (Å²) in [5, 5.41) is 8.62. The molecule has 0 spiro atoms. The molecular formula is C13H11FN2O. The van der Waals surface area contributed by atoms with Gasteiger partial charge in [0.2, 0.25) is 0 Å². The van der Waals surface area contributed by atoms with Gasteiger partial charge in [0.25, 0.3) is 0 Å². The molecule has 0 bridgehead atoms. The van der Waals surface area contributed by atoms with Crippen molar-refractivity contribution in [1.29, 1.82) is 5.26 Å². The fraction of sp³-hybridized carbons (Fsp3) is 0.154. The van der Waals surface area contributed by atoms with Crippen molar-refractivity contribution in [2.24, 2.45) is 0 Å². The van der Waals surface area contributed by atoms with Crippen LogP contribution >= 0.6 is 0 Å². The molecule has 1 unspecified atom stereocenters. The Bertz CT molecular complexity index is 543. The predicted octanol–water partition coefficient (Wildman–Crippen LogP) is 3.17. The molecular weight excluding hydrogens is 219 g/mol. The van der Waals surface area contributed by atoms with Crippen LogP contribution < -0.4 is 4.74 Å². The van der Waals surface area contributed by atoms with Crippen molar-refractivity contribution >= 4 is 0 Å². The molecule has 0 fully saturated rings. The monoisotopic (exact) mass is 230 g/mol. The minimum absolute atomic E-state index is 0.145. The van der Waals surface area contributed by atoms with Crippen molar-refractivity contribution in [1.82, 2.24) is 4.98 Å². The lowest BCUT2D eigenvalue weighted by atomic mass is 10.2. The lowest BCUT2D eigenvalue weighted by Crippen LogP contribution is -2.04. The maximum Gasteiger partial charge on any atom is 0.166 e. The Balaban J connectivity index is 2.17. The van der Waals surface area contributed by atoms with Crippen LogP contribution in [0.1, 0.15) is 24.3 Å². The maximum absolute atomic E-state index is 13.6. The molecule has 0 saturated heterocycles. The molecule has 2 rings (SSSR count). The highest BCUT2D eigenvalue weighted by Crippen LogP contribution is 2.24. The minimum Gasteiger partial charge on any atom is -0.481 e. The highest BCUT2D eigenvalue weighted by Gasteiger charge is 2.11. The molecule has 86 valence electrons. The van der Waals surface area contributed by atoms with Crippen LogP contribution in [0.4, 0.5) is 4.39 Å². The van der Waals surface area contributed by atoms with Gasteiger partial charge in [-0.25, -0.2) is 4.39 Å². The van der Waals surface area contributed by atoms with E-state index in [9.17, 15) is 4.39 Å². The molecule has 2 aromatic rings. The second kappa shape index (κ2) is 4.71. The van der Waals surface area contributed by atoms with E-state index in [1.165, 1.54) is 12.1 Å². The van der Waals surface area contributed by atoms with Gasteiger partial charge in [0.1, 0.15) is 6.10 Å². The first-order valence-electron chi connectivity index (χ1n) is 5.20. The van der Waals surface area contributed by atoms with Crippen molar-refractivity contribution in [3.8, 4) is 11.8 Å². The minimum atomic E-state index is -0.526. The Hall–Kier alpha value is -2.28. The van der Waals surface area contributed by atoms with Crippen LogP contribution in [0.3, 0.4) is 0 Å². The molecule has 0 aliphatic heterocycles. The zero-order chi connectivity index (χ0) is 12.3. The summed E-state index contributed by atoms with van der Waals surface area (Å²) < 4.78 is 19.0. The van der Waals surface area contributed by atoms with Crippen LogP contribution in [0, 0.1) is 17.1 Å². The molecule has 3 nitrogen and oxygen atoms in total. The Morgan fingerprint density at radius 1 is 1.41 bits per heavy atom. The highest BCUT2D eigenvalue weighted by atomic mass is 19.1. The Morgan fingerprint density at radius 2 is 2.24 bits per heavy atom. The maximum atomic E-state index is 13.6. The smallest absolute Gasteiger partial charge is 0.166 e. The summed E-state index contributed by atoms with van der Waals surface area (Å²) in [4.78, 5) is 3.00. The number of aromatic nitrogens is 1. The molecule has 4 heteroatoms. The number of H-pyrrole nitrogens is 1. The molecule has 0 amide bonds. The molecule has 0 radical (unpaired) electrons. The third kappa shape index (κ3) is 2.45. The molecule has 1 heterocycles. The number of ether oxygens (including phenoxy) is 1. The van der Waals surface area contributed by atoms with Crippen LogP contribution in [0.2, 0.25) is 0 Å². The van der Waals surface area contributed by atoms with Gasteiger partial charge in [-0.15, -0.1) is 0 Å². The number of nitriles is 1. The second-order valence-electron chi connectivity index (χ2n) is 3.64. The van der Waals surface area contributed by atoms with E-state index >= 15 is 0 Å². The van der Waals surface area contributed by atoms with Crippen LogP contribution in [0.15, 0.2) is 36.5 Å². The number of nitrogens with zero attached hydrogens (tertiary/aromatic N) is 1. The third-order valence-electron chi connectivity index (χ3n) is 2.42. The molecule has 17 heavy (non-hydrogen) atoms. The van der Waals surface area contributed by atoms with Gasteiger partial charge in [-0.3, -0.25) is 0 Å². The van der Waals surface area contributed by atoms with Crippen LogP contribution in [0.25, 0.3) is 0 Å². The quantitative estimate of drug-likeness (QED) is 0.880. The van der Waals surface area contributed by atoms with Crippen molar-refractivity contribution < 1.29 is 9.13 Å². The van der Waals surface area contributed by atoms with Gasteiger partial charge in [-0.1, -0.05) is 0 Å². The third-order valence-corrected chi connectivity index (χ3v) is 2.42. The van der Waals surface area contributed by atoms with E-state index in [2.05, 4.69) is 4.98 Å². The van der Waals surface area contributed by atoms with E-state index in [0.717, 1.165) is 11.8 Å². The summed E-state index contributed by atoms with van der Waals surface area (Å²) in [5.74, 6) is -0.381. The molecule has 1 atom stereocenters. The van der Waals surface area contributed by atoms with E-state index in [-0.39, 0.29) is 17.4 Å². The fourth-order valence-corrected chi connectivity index (χ4v) is 1.52. The Labute approximate surface area is 98.5 Å². The van der Waals surface area contributed by atoms with Gasteiger partial charge in [-0.05, 0) is 37.3 Å². The number of hydrogen-bond donors (Lipinski definition) is 1. The first kappa shape index (κ1) is 11.2. The van der Waals surface area contributed by atoms with Crippen molar-refractivity contribution in [3.63, 3.8) is 0 Å². The number of rotatable bonds is 3. The van der Waals surface area contributed by atoms with Gasteiger partial charge in [0.15, 0.2) is 11.6 Å². The van der Waals surface area contributed by atoms with Gasteiger partial charge < -0.3 is 9.72 Å². The van der Waals surface area contributed by atoms with E-state index < -0.39 is 5.82 Å². The topological polar surface area (TPSA) is 48.8 Å².